The lowest BCUT2D eigenvalue weighted by atomic mass is 9.84. The number of amides is 4. The van der Waals surface area contributed by atoms with Gasteiger partial charge < -0.3 is 20.9 Å². The van der Waals surface area contributed by atoms with Gasteiger partial charge in [-0.15, -0.1) is 0 Å². The summed E-state index contributed by atoms with van der Waals surface area (Å²) in [6, 6.07) is 13.1. The first-order valence-corrected chi connectivity index (χ1v) is 11.9. The number of hydrogen-bond donors (Lipinski definition) is 3. The minimum absolute atomic E-state index is 0.0618. The zero-order chi connectivity index (χ0) is 23.4. The lowest BCUT2D eigenvalue weighted by Gasteiger charge is -2.33. The normalized spacial score (nSPS) is 21.8. The van der Waals surface area contributed by atoms with Gasteiger partial charge in [0.1, 0.15) is 6.04 Å². The summed E-state index contributed by atoms with van der Waals surface area (Å²) < 4.78 is 0. The Morgan fingerprint density at radius 1 is 1.00 bits per heavy atom. The lowest BCUT2D eigenvalue weighted by Crippen LogP contribution is -2.47. The molecular weight excluding hydrogens is 440 g/mol. The molecule has 3 N–H and O–H groups in total. The number of hydrogen-bond acceptors (Lipinski definition) is 3. The average Bonchev–Trinajstić information content (AvgIpc) is 3.19. The van der Waals surface area contributed by atoms with Crippen LogP contribution in [0.15, 0.2) is 48.5 Å². The maximum absolute atomic E-state index is 13.5. The molecule has 0 bridgehead atoms. The maximum Gasteiger partial charge on any atom is 0.319 e. The summed E-state index contributed by atoms with van der Waals surface area (Å²) in [5, 5.41) is 8.87. The fourth-order valence-electron chi connectivity index (χ4n) is 4.99. The third kappa shape index (κ3) is 5.30. The molecule has 0 radical (unpaired) electrons. The van der Waals surface area contributed by atoms with Crippen LogP contribution in [0.2, 0.25) is 5.02 Å². The third-order valence-corrected chi connectivity index (χ3v) is 6.66. The molecule has 3 atom stereocenters. The minimum Gasteiger partial charge on any atom is -0.338 e. The summed E-state index contributed by atoms with van der Waals surface area (Å²) in [6.45, 7) is 2.36. The van der Waals surface area contributed by atoms with E-state index < -0.39 is 6.04 Å². The Balaban J connectivity index is 1.54. The number of nitrogens with zero attached hydrogens (tertiary/aromatic N) is 1. The van der Waals surface area contributed by atoms with Crippen molar-refractivity contribution in [3.8, 4) is 0 Å². The van der Waals surface area contributed by atoms with Gasteiger partial charge in [-0.1, -0.05) is 36.6 Å². The standard InChI is InChI=1S/C25H29ClN4O3/c1-2-27-25(33)29-20-11-6-10-19(15-20)28-23(31)22-14-16-7-3-4-12-21(16)30(22)24(32)17-8-5-9-18(26)13-17/h5-6,8-11,13,15-16,21-22H,2-4,7,12,14H2,1H3,(H,28,31)(H2,27,29,33). The van der Waals surface area contributed by atoms with E-state index in [2.05, 4.69) is 16.0 Å². The van der Waals surface area contributed by atoms with E-state index in [4.69, 9.17) is 11.6 Å². The number of nitrogens with one attached hydrogen (secondary N) is 3. The number of urea groups is 1. The van der Waals surface area contributed by atoms with Crippen LogP contribution < -0.4 is 16.0 Å². The average molecular weight is 469 g/mol. The van der Waals surface area contributed by atoms with E-state index in [1.807, 2.05) is 6.92 Å². The van der Waals surface area contributed by atoms with Gasteiger partial charge in [-0.3, -0.25) is 9.59 Å². The highest BCUT2D eigenvalue weighted by Crippen LogP contribution is 2.41. The van der Waals surface area contributed by atoms with E-state index >= 15 is 0 Å². The summed E-state index contributed by atoms with van der Waals surface area (Å²) >= 11 is 6.13. The van der Waals surface area contributed by atoms with E-state index in [-0.39, 0.29) is 23.9 Å². The molecule has 174 valence electrons. The number of anilines is 2. The van der Waals surface area contributed by atoms with Crippen molar-refractivity contribution in [2.24, 2.45) is 5.92 Å². The van der Waals surface area contributed by atoms with Crippen molar-refractivity contribution in [3.05, 3.63) is 59.1 Å². The molecule has 0 spiro atoms. The van der Waals surface area contributed by atoms with Crippen LogP contribution in [0.25, 0.3) is 0 Å². The van der Waals surface area contributed by atoms with Crippen molar-refractivity contribution in [2.45, 2.75) is 51.1 Å². The smallest absolute Gasteiger partial charge is 0.319 e. The van der Waals surface area contributed by atoms with E-state index in [1.54, 1.807) is 53.4 Å². The molecule has 3 unspecified atom stereocenters. The number of carbonyl (C=O) groups is 3. The summed E-state index contributed by atoms with van der Waals surface area (Å²) in [5.41, 5.74) is 1.64. The van der Waals surface area contributed by atoms with Crippen molar-refractivity contribution >= 4 is 40.8 Å². The van der Waals surface area contributed by atoms with E-state index in [0.29, 0.717) is 40.8 Å². The maximum atomic E-state index is 13.5. The Bertz CT molecular complexity index is 1040. The van der Waals surface area contributed by atoms with Gasteiger partial charge >= 0.3 is 6.03 Å². The fourth-order valence-corrected chi connectivity index (χ4v) is 5.18. The molecule has 2 fully saturated rings. The van der Waals surface area contributed by atoms with Gasteiger partial charge in [0.05, 0.1) is 0 Å². The molecule has 1 aliphatic carbocycles. The van der Waals surface area contributed by atoms with Crippen molar-refractivity contribution in [2.75, 3.05) is 17.2 Å². The molecule has 1 aliphatic heterocycles. The summed E-state index contributed by atoms with van der Waals surface area (Å²) in [7, 11) is 0. The molecule has 1 heterocycles. The van der Waals surface area contributed by atoms with Crippen LogP contribution in [0, 0.1) is 5.92 Å². The molecule has 33 heavy (non-hydrogen) atoms. The third-order valence-electron chi connectivity index (χ3n) is 6.42. The highest BCUT2D eigenvalue weighted by molar-refractivity contribution is 6.31. The molecule has 7 nitrogen and oxygen atoms in total. The van der Waals surface area contributed by atoms with Crippen molar-refractivity contribution in [1.82, 2.24) is 10.2 Å². The molecular formula is C25H29ClN4O3. The van der Waals surface area contributed by atoms with Gasteiger partial charge in [0.2, 0.25) is 5.91 Å². The number of rotatable bonds is 5. The van der Waals surface area contributed by atoms with Crippen molar-refractivity contribution in [1.29, 1.82) is 0 Å². The van der Waals surface area contributed by atoms with Crippen LogP contribution in [0.3, 0.4) is 0 Å². The quantitative estimate of drug-likeness (QED) is 0.583. The second-order valence-electron chi connectivity index (χ2n) is 8.64. The number of carbonyl (C=O) groups excluding carboxylic acids is 3. The summed E-state index contributed by atoms with van der Waals surface area (Å²) in [6.07, 6.45) is 4.77. The zero-order valence-corrected chi connectivity index (χ0v) is 19.4. The molecule has 4 amide bonds. The molecule has 1 saturated carbocycles. The van der Waals surface area contributed by atoms with E-state index in [0.717, 1.165) is 25.7 Å². The predicted octanol–water partition coefficient (Wildman–Crippen LogP) is 4.89. The Kier molecular flexibility index (Phi) is 7.18. The van der Waals surface area contributed by atoms with Gasteiger partial charge in [0.15, 0.2) is 0 Å². The van der Waals surface area contributed by atoms with Crippen LogP contribution in [0.5, 0.6) is 0 Å². The minimum atomic E-state index is -0.551. The van der Waals surface area contributed by atoms with Crippen molar-refractivity contribution < 1.29 is 14.4 Å². The first-order valence-electron chi connectivity index (χ1n) is 11.5. The molecule has 2 aromatic carbocycles. The Labute approximate surface area is 198 Å². The molecule has 1 saturated heterocycles. The van der Waals surface area contributed by atoms with Crippen LogP contribution in [-0.2, 0) is 4.79 Å². The van der Waals surface area contributed by atoms with Gasteiger partial charge in [-0.2, -0.15) is 0 Å². The number of likely N-dealkylation sites (tertiary alicyclic amines) is 1. The lowest BCUT2D eigenvalue weighted by molar-refractivity contribution is -0.120. The first kappa shape index (κ1) is 23.1. The Morgan fingerprint density at radius 3 is 2.48 bits per heavy atom. The van der Waals surface area contributed by atoms with Gasteiger partial charge in [-0.05, 0) is 68.5 Å². The van der Waals surface area contributed by atoms with Gasteiger partial charge in [0, 0.05) is 34.5 Å². The van der Waals surface area contributed by atoms with Gasteiger partial charge in [-0.25, -0.2) is 4.79 Å². The second-order valence-corrected chi connectivity index (χ2v) is 9.08. The molecule has 8 heteroatoms. The fraction of sp³-hybridized carbons (Fsp3) is 0.400. The van der Waals surface area contributed by atoms with Crippen molar-refractivity contribution in [3.63, 3.8) is 0 Å². The summed E-state index contributed by atoms with van der Waals surface area (Å²) in [4.78, 5) is 40.5. The van der Waals surface area contributed by atoms with E-state index in [9.17, 15) is 14.4 Å². The van der Waals surface area contributed by atoms with Crippen LogP contribution >= 0.6 is 11.6 Å². The monoisotopic (exact) mass is 468 g/mol. The largest absolute Gasteiger partial charge is 0.338 e. The molecule has 2 aromatic rings. The van der Waals surface area contributed by atoms with Gasteiger partial charge in [0.25, 0.3) is 5.91 Å². The first-order chi connectivity index (χ1) is 16.0. The molecule has 0 aromatic heterocycles. The molecule has 4 rings (SSSR count). The van der Waals surface area contributed by atoms with E-state index in [1.165, 1.54) is 0 Å². The summed E-state index contributed by atoms with van der Waals surface area (Å²) in [5.74, 6) is -0.0444. The van der Waals surface area contributed by atoms with Crippen LogP contribution in [0.4, 0.5) is 16.2 Å². The SMILES string of the molecule is CCNC(=O)Nc1cccc(NC(=O)C2CC3CCCCC3N2C(=O)c2cccc(Cl)c2)c1. The van der Waals surface area contributed by atoms with Crippen LogP contribution in [0.1, 0.15) is 49.4 Å². The number of halogens is 1. The zero-order valence-electron chi connectivity index (χ0n) is 18.6. The molecule has 2 aliphatic rings. The highest BCUT2D eigenvalue weighted by Gasteiger charge is 2.47. The number of benzene rings is 2. The second kappa shape index (κ2) is 10.3. The Hall–Kier alpha value is -3.06. The van der Waals surface area contributed by atoms with Crippen LogP contribution in [-0.4, -0.2) is 41.4 Å². The Morgan fingerprint density at radius 2 is 1.73 bits per heavy atom. The number of fused-ring (bicyclic) bond motifs is 1. The topological polar surface area (TPSA) is 90.5 Å². The highest BCUT2D eigenvalue weighted by atomic mass is 35.5. The predicted molar refractivity (Wildman–Crippen MR) is 130 cm³/mol.